The van der Waals surface area contributed by atoms with Crippen LogP contribution < -0.4 is 0 Å². The highest BCUT2D eigenvalue weighted by Crippen LogP contribution is 1.97. The van der Waals surface area contributed by atoms with Gasteiger partial charge in [0, 0.05) is 6.42 Å². The third-order valence-electron chi connectivity index (χ3n) is 0.696. The second-order valence-corrected chi connectivity index (χ2v) is 2.91. The number of ketones is 1. The number of carbonyl (C=O) groups is 1. The molecule has 0 aromatic carbocycles. The molecule has 0 radical (unpaired) electrons. The molecule has 0 atom stereocenters. The minimum atomic E-state index is -3.11. The van der Waals surface area contributed by atoms with Crippen molar-refractivity contribution in [1.29, 1.82) is 0 Å². The second kappa shape index (κ2) is 7.40. The largest absolute Gasteiger partial charge is 0.425 e. The van der Waals surface area contributed by atoms with E-state index in [1.807, 2.05) is 13.8 Å². The summed E-state index contributed by atoms with van der Waals surface area (Å²) in [6, 6.07) is 0. The summed E-state index contributed by atoms with van der Waals surface area (Å²) in [6.07, 6.45) is 0.722. The maximum Gasteiger partial charge on any atom is 0.425 e. The van der Waals surface area contributed by atoms with E-state index in [1.54, 1.807) is 6.92 Å². The lowest BCUT2D eigenvalue weighted by atomic mass is 10.1. The Bertz CT molecular complexity index is 193. The molecule has 5 heteroatoms. The van der Waals surface area contributed by atoms with Crippen LogP contribution >= 0.6 is 0 Å². The lowest BCUT2D eigenvalue weighted by Crippen LogP contribution is -1.95. The van der Waals surface area contributed by atoms with Crippen molar-refractivity contribution in [2.24, 2.45) is 5.92 Å². The smallest absolute Gasteiger partial charge is 0.300 e. The zero-order valence-corrected chi connectivity index (χ0v) is 7.64. The van der Waals surface area contributed by atoms with Gasteiger partial charge in [0.2, 0.25) is 0 Å². The molecule has 0 aromatic rings. The van der Waals surface area contributed by atoms with Crippen molar-refractivity contribution in [2.75, 3.05) is 0 Å². The number of rotatable bonds is 2. The number of Topliss-reactive ketones (excluding diaryl/α,β-unsaturated/α-hetero) is 1. The van der Waals surface area contributed by atoms with Crippen molar-refractivity contribution in [2.45, 2.75) is 27.2 Å². The molecule has 0 rings (SSSR count). The van der Waals surface area contributed by atoms with Crippen LogP contribution in [-0.2, 0) is 15.4 Å². The maximum absolute atomic E-state index is 10.3. The van der Waals surface area contributed by atoms with Crippen LogP contribution in [0.2, 0.25) is 0 Å². The summed E-state index contributed by atoms with van der Waals surface area (Å²) in [5.41, 5.74) is 0. The van der Waals surface area contributed by atoms with Crippen LogP contribution in [0.4, 0.5) is 0 Å². The summed E-state index contributed by atoms with van der Waals surface area (Å²) in [4.78, 5) is 10.3. The average Bonchev–Trinajstić information content (AvgIpc) is 1.56. The fourth-order valence-electron chi connectivity index (χ4n) is 0.575. The maximum atomic E-state index is 10.3. The summed E-state index contributed by atoms with van der Waals surface area (Å²) >= 11 is 0. The molecule has 0 unspecified atom stereocenters. The van der Waals surface area contributed by atoms with Gasteiger partial charge in [-0.15, -0.1) is 12.6 Å². The SMILES string of the molecule is CC(=O)CC(C)C.O=S(=O)=O. The predicted molar refractivity (Wildman–Crippen MR) is 39.8 cm³/mol. The molecule has 0 bridgehead atoms. The molecule has 0 fully saturated rings. The molecule has 0 aliphatic heterocycles. The van der Waals surface area contributed by atoms with Gasteiger partial charge in [-0.2, -0.15) is 0 Å². The van der Waals surface area contributed by atoms with Crippen LogP contribution in [0, 0.1) is 5.92 Å². The van der Waals surface area contributed by atoms with Gasteiger partial charge in [-0.1, -0.05) is 13.8 Å². The van der Waals surface area contributed by atoms with E-state index in [9.17, 15) is 4.79 Å². The van der Waals surface area contributed by atoms with E-state index >= 15 is 0 Å². The highest BCUT2D eigenvalue weighted by molar-refractivity contribution is 7.59. The third kappa shape index (κ3) is 45.6. The fraction of sp³-hybridized carbons (Fsp3) is 0.833. The van der Waals surface area contributed by atoms with E-state index in [4.69, 9.17) is 12.6 Å². The lowest BCUT2D eigenvalue weighted by Gasteiger charge is -1.95. The number of carbonyl (C=O) groups excluding carboxylic acids is 1. The Kier molecular flexibility index (Phi) is 8.69. The zero-order valence-electron chi connectivity index (χ0n) is 6.83. The highest BCUT2D eigenvalue weighted by Gasteiger charge is 1.95. The van der Waals surface area contributed by atoms with Crippen molar-refractivity contribution in [3.8, 4) is 0 Å². The minimum Gasteiger partial charge on any atom is -0.300 e. The van der Waals surface area contributed by atoms with E-state index in [-0.39, 0.29) is 5.78 Å². The van der Waals surface area contributed by atoms with Crippen molar-refractivity contribution in [3.05, 3.63) is 0 Å². The van der Waals surface area contributed by atoms with Crippen LogP contribution in [0.5, 0.6) is 0 Å². The van der Waals surface area contributed by atoms with Gasteiger partial charge in [-0.25, -0.2) is 0 Å². The van der Waals surface area contributed by atoms with Crippen LogP contribution in [-0.4, -0.2) is 18.4 Å². The molecule has 0 saturated carbocycles. The van der Waals surface area contributed by atoms with Crippen molar-refractivity contribution < 1.29 is 17.4 Å². The Morgan fingerprint density at radius 1 is 1.27 bits per heavy atom. The quantitative estimate of drug-likeness (QED) is 0.624. The Balaban J connectivity index is 0. The van der Waals surface area contributed by atoms with Gasteiger partial charge in [0.1, 0.15) is 5.78 Å². The molecular formula is C6H12O4S. The lowest BCUT2D eigenvalue weighted by molar-refractivity contribution is -0.117. The van der Waals surface area contributed by atoms with Crippen LogP contribution in [0.15, 0.2) is 0 Å². The van der Waals surface area contributed by atoms with E-state index in [0.717, 1.165) is 6.42 Å². The van der Waals surface area contributed by atoms with Crippen LogP contribution in [0.3, 0.4) is 0 Å². The standard InChI is InChI=1S/C6H12O.O3S/c1-5(2)4-6(3)7;1-4(2)3/h5H,4H2,1-3H3;. The van der Waals surface area contributed by atoms with E-state index < -0.39 is 10.6 Å². The molecule has 0 aliphatic rings. The second-order valence-electron chi connectivity index (χ2n) is 2.50. The third-order valence-corrected chi connectivity index (χ3v) is 0.696. The monoisotopic (exact) mass is 180 g/mol. The molecule has 0 N–H and O–H groups in total. The number of hydrogen-bond acceptors (Lipinski definition) is 4. The van der Waals surface area contributed by atoms with Gasteiger partial charge in [-0.3, -0.25) is 0 Å². The first kappa shape index (κ1) is 12.9. The van der Waals surface area contributed by atoms with Gasteiger partial charge in [0.05, 0.1) is 0 Å². The fourth-order valence-corrected chi connectivity index (χ4v) is 0.575. The Labute approximate surface area is 67.7 Å². The van der Waals surface area contributed by atoms with Crippen LogP contribution in [0.25, 0.3) is 0 Å². The van der Waals surface area contributed by atoms with Gasteiger partial charge in [0.25, 0.3) is 0 Å². The minimum absolute atomic E-state index is 0.287. The Morgan fingerprint density at radius 2 is 1.55 bits per heavy atom. The van der Waals surface area contributed by atoms with Crippen LogP contribution in [0.1, 0.15) is 27.2 Å². The van der Waals surface area contributed by atoms with E-state index in [0.29, 0.717) is 5.92 Å². The number of hydrogen-bond donors (Lipinski definition) is 0. The summed E-state index contributed by atoms with van der Waals surface area (Å²) in [7, 11) is -3.11. The average molecular weight is 180 g/mol. The first-order chi connectivity index (χ1) is 4.86. The molecular weight excluding hydrogens is 168 g/mol. The Morgan fingerprint density at radius 3 is 1.55 bits per heavy atom. The van der Waals surface area contributed by atoms with Crippen molar-refractivity contribution >= 4 is 16.4 Å². The normalized spacial score (nSPS) is 8.36. The zero-order chi connectivity index (χ0) is 9.44. The molecule has 0 saturated heterocycles. The molecule has 0 aliphatic carbocycles. The first-order valence-electron chi connectivity index (χ1n) is 3.12. The summed E-state index contributed by atoms with van der Waals surface area (Å²) in [5, 5.41) is 0. The topological polar surface area (TPSA) is 68.3 Å². The van der Waals surface area contributed by atoms with Crippen molar-refractivity contribution in [3.63, 3.8) is 0 Å². The Hall–Kier alpha value is -0.710. The summed E-state index contributed by atoms with van der Waals surface area (Å²) in [5.74, 6) is 0.813. The first-order valence-corrected chi connectivity index (χ1v) is 4.12. The molecule has 0 heterocycles. The van der Waals surface area contributed by atoms with Gasteiger partial charge in [0.15, 0.2) is 0 Å². The molecule has 0 aromatic heterocycles. The predicted octanol–water partition coefficient (Wildman–Crippen LogP) is 0.617. The molecule has 4 nitrogen and oxygen atoms in total. The van der Waals surface area contributed by atoms with Gasteiger partial charge in [-0.05, 0) is 12.8 Å². The van der Waals surface area contributed by atoms with E-state index in [1.165, 1.54) is 0 Å². The summed E-state index contributed by atoms with van der Waals surface area (Å²) < 4.78 is 25.3. The van der Waals surface area contributed by atoms with Crippen molar-refractivity contribution in [1.82, 2.24) is 0 Å². The van der Waals surface area contributed by atoms with E-state index in [2.05, 4.69) is 0 Å². The molecule has 11 heavy (non-hydrogen) atoms. The molecule has 0 spiro atoms. The van der Waals surface area contributed by atoms with Gasteiger partial charge < -0.3 is 4.79 Å². The van der Waals surface area contributed by atoms with Gasteiger partial charge >= 0.3 is 10.6 Å². The summed E-state index contributed by atoms with van der Waals surface area (Å²) in [6.45, 7) is 5.71. The highest BCUT2D eigenvalue weighted by atomic mass is 32.2. The molecule has 0 amide bonds. The molecule has 66 valence electrons.